The molecule has 0 aliphatic carbocycles. The molecule has 3 heterocycles. The maximum Gasteiger partial charge on any atom is 0.226 e. The molecule has 1 atom stereocenters. The fourth-order valence-corrected chi connectivity index (χ4v) is 3.31. The van der Waals surface area contributed by atoms with Crippen molar-refractivity contribution >= 4 is 5.96 Å². The highest BCUT2D eigenvalue weighted by atomic mass is 16.5. The second-order valence-corrected chi connectivity index (χ2v) is 6.42. The van der Waals surface area contributed by atoms with Crippen LogP contribution in [0, 0.1) is 5.41 Å². The minimum atomic E-state index is 0.347. The summed E-state index contributed by atoms with van der Waals surface area (Å²) in [6.07, 6.45) is 3.85. The molecule has 7 heteroatoms. The van der Waals surface area contributed by atoms with Gasteiger partial charge in [-0.05, 0) is 19.8 Å². The minimum absolute atomic E-state index is 0.347. The number of aryl methyl sites for hydroxylation is 1. The van der Waals surface area contributed by atoms with Crippen molar-refractivity contribution in [3.63, 3.8) is 0 Å². The number of nitrogens with zero attached hydrogens (tertiary/aromatic N) is 4. The smallest absolute Gasteiger partial charge is 0.226 e. The number of guanidine groups is 1. The standard InChI is InChI=1S/C16H27N5O2/c1-3-14-19-13(20-23-14)5-8-18-15(17-4-2)21-9-6-16(11-21)7-10-22-12-16/h3-12H2,1-2H3,(H,17,18). The fourth-order valence-electron chi connectivity index (χ4n) is 3.31. The zero-order valence-electron chi connectivity index (χ0n) is 14.2. The summed E-state index contributed by atoms with van der Waals surface area (Å²) in [5, 5.41) is 7.38. The highest BCUT2D eigenvalue weighted by molar-refractivity contribution is 5.80. The van der Waals surface area contributed by atoms with Gasteiger partial charge in [-0.3, -0.25) is 4.99 Å². The van der Waals surface area contributed by atoms with Crippen LogP contribution in [0.25, 0.3) is 0 Å². The van der Waals surface area contributed by atoms with E-state index in [2.05, 4.69) is 27.3 Å². The van der Waals surface area contributed by atoms with E-state index in [1.54, 1.807) is 0 Å². The van der Waals surface area contributed by atoms with Crippen LogP contribution >= 0.6 is 0 Å². The fraction of sp³-hybridized carbons (Fsp3) is 0.812. The molecule has 2 fully saturated rings. The van der Waals surface area contributed by atoms with E-state index in [4.69, 9.17) is 14.3 Å². The van der Waals surface area contributed by atoms with Gasteiger partial charge in [0.05, 0.1) is 6.61 Å². The van der Waals surface area contributed by atoms with E-state index < -0.39 is 0 Å². The van der Waals surface area contributed by atoms with Crippen molar-refractivity contribution < 1.29 is 9.26 Å². The van der Waals surface area contributed by atoms with Crippen molar-refractivity contribution in [1.82, 2.24) is 20.4 Å². The van der Waals surface area contributed by atoms with Gasteiger partial charge in [-0.1, -0.05) is 12.1 Å². The van der Waals surface area contributed by atoms with Crippen molar-refractivity contribution in [2.24, 2.45) is 10.4 Å². The minimum Gasteiger partial charge on any atom is -0.381 e. The molecule has 2 saturated heterocycles. The number of hydrogen-bond donors (Lipinski definition) is 1. The molecule has 0 amide bonds. The molecule has 3 rings (SSSR count). The zero-order chi connectivity index (χ0) is 16.1. The van der Waals surface area contributed by atoms with Crippen LogP contribution in [-0.2, 0) is 17.6 Å². The molecule has 2 aliphatic rings. The molecule has 1 spiro atoms. The Morgan fingerprint density at radius 1 is 1.39 bits per heavy atom. The molecular weight excluding hydrogens is 294 g/mol. The van der Waals surface area contributed by atoms with E-state index in [-0.39, 0.29) is 0 Å². The highest BCUT2D eigenvalue weighted by Crippen LogP contribution is 2.38. The lowest BCUT2D eigenvalue weighted by Crippen LogP contribution is -2.41. The van der Waals surface area contributed by atoms with Gasteiger partial charge in [-0.25, -0.2) is 0 Å². The quantitative estimate of drug-likeness (QED) is 0.650. The van der Waals surface area contributed by atoms with Crippen molar-refractivity contribution in [1.29, 1.82) is 0 Å². The van der Waals surface area contributed by atoms with Crippen LogP contribution in [0.4, 0.5) is 0 Å². The number of aromatic nitrogens is 2. The Kier molecular flexibility index (Phi) is 5.15. The van der Waals surface area contributed by atoms with Gasteiger partial charge in [0.15, 0.2) is 11.8 Å². The van der Waals surface area contributed by atoms with E-state index in [0.29, 0.717) is 24.3 Å². The van der Waals surface area contributed by atoms with Crippen molar-refractivity contribution in [2.45, 2.75) is 39.5 Å². The highest BCUT2D eigenvalue weighted by Gasteiger charge is 2.42. The summed E-state index contributed by atoms with van der Waals surface area (Å²) >= 11 is 0. The first-order valence-electron chi connectivity index (χ1n) is 8.67. The average molecular weight is 321 g/mol. The summed E-state index contributed by atoms with van der Waals surface area (Å²) in [5.41, 5.74) is 0.347. The summed E-state index contributed by atoms with van der Waals surface area (Å²) < 4.78 is 10.7. The van der Waals surface area contributed by atoms with Gasteiger partial charge < -0.3 is 19.5 Å². The second-order valence-electron chi connectivity index (χ2n) is 6.42. The first kappa shape index (κ1) is 16.2. The maximum atomic E-state index is 5.61. The molecule has 1 aromatic heterocycles. The number of ether oxygens (including phenoxy) is 1. The molecule has 2 aliphatic heterocycles. The Balaban J connectivity index is 1.57. The molecule has 7 nitrogen and oxygen atoms in total. The summed E-state index contributed by atoms with van der Waals surface area (Å²) in [6.45, 7) is 9.55. The first-order valence-corrected chi connectivity index (χ1v) is 8.67. The van der Waals surface area contributed by atoms with E-state index in [1.165, 1.54) is 12.8 Å². The average Bonchev–Trinajstić information content (AvgIpc) is 3.29. The number of aliphatic imine (C=N–C) groups is 1. The first-order chi connectivity index (χ1) is 11.2. The molecule has 0 saturated carbocycles. The summed E-state index contributed by atoms with van der Waals surface area (Å²) in [5.74, 6) is 2.43. The van der Waals surface area contributed by atoms with Gasteiger partial charge in [0.2, 0.25) is 5.89 Å². The third-order valence-electron chi connectivity index (χ3n) is 4.67. The molecule has 1 aromatic rings. The predicted molar refractivity (Wildman–Crippen MR) is 87.4 cm³/mol. The van der Waals surface area contributed by atoms with Gasteiger partial charge in [-0.2, -0.15) is 4.98 Å². The summed E-state index contributed by atoms with van der Waals surface area (Å²) in [7, 11) is 0. The lowest BCUT2D eigenvalue weighted by molar-refractivity contribution is 0.156. The number of likely N-dealkylation sites (tertiary alicyclic amines) is 1. The number of hydrogen-bond acceptors (Lipinski definition) is 5. The van der Waals surface area contributed by atoms with Crippen LogP contribution in [0.2, 0.25) is 0 Å². The summed E-state index contributed by atoms with van der Waals surface area (Å²) in [6, 6.07) is 0. The molecule has 0 bridgehead atoms. The zero-order valence-corrected chi connectivity index (χ0v) is 14.2. The monoisotopic (exact) mass is 321 g/mol. The van der Waals surface area contributed by atoms with Gasteiger partial charge >= 0.3 is 0 Å². The Labute approximate surface area is 137 Å². The Morgan fingerprint density at radius 3 is 3.00 bits per heavy atom. The lowest BCUT2D eigenvalue weighted by atomic mass is 9.87. The van der Waals surface area contributed by atoms with Gasteiger partial charge in [0, 0.05) is 51.0 Å². The lowest BCUT2D eigenvalue weighted by Gasteiger charge is -2.24. The van der Waals surface area contributed by atoms with Crippen LogP contribution in [0.1, 0.15) is 38.4 Å². The van der Waals surface area contributed by atoms with Gasteiger partial charge in [0.25, 0.3) is 0 Å². The molecule has 23 heavy (non-hydrogen) atoms. The second kappa shape index (κ2) is 7.29. The Hall–Kier alpha value is -1.63. The van der Waals surface area contributed by atoms with Crippen LogP contribution in [-0.4, -0.2) is 60.4 Å². The third-order valence-corrected chi connectivity index (χ3v) is 4.67. The number of rotatable bonds is 5. The van der Waals surface area contributed by atoms with E-state index in [9.17, 15) is 0 Å². The largest absolute Gasteiger partial charge is 0.381 e. The molecule has 1 unspecified atom stereocenters. The van der Waals surface area contributed by atoms with Gasteiger partial charge in [-0.15, -0.1) is 0 Å². The molecule has 0 radical (unpaired) electrons. The predicted octanol–water partition coefficient (Wildman–Crippen LogP) is 1.25. The van der Waals surface area contributed by atoms with Crippen molar-refractivity contribution in [3.8, 4) is 0 Å². The number of nitrogens with one attached hydrogen (secondary N) is 1. The van der Waals surface area contributed by atoms with Gasteiger partial charge in [0.1, 0.15) is 0 Å². The van der Waals surface area contributed by atoms with E-state index >= 15 is 0 Å². The van der Waals surface area contributed by atoms with Crippen LogP contribution in [0.5, 0.6) is 0 Å². The molecule has 1 N–H and O–H groups in total. The Morgan fingerprint density at radius 2 is 2.30 bits per heavy atom. The Bertz CT molecular complexity index is 536. The molecular formula is C16H27N5O2. The molecule has 0 aromatic carbocycles. The third kappa shape index (κ3) is 3.83. The topological polar surface area (TPSA) is 75.8 Å². The van der Waals surface area contributed by atoms with Crippen molar-refractivity contribution in [3.05, 3.63) is 11.7 Å². The van der Waals surface area contributed by atoms with Crippen LogP contribution < -0.4 is 5.32 Å². The van der Waals surface area contributed by atoms with Crippen molar-refractivity contribution in [2.75, 3.05) is 39.4 Å². The van der Waals surface area contributed by atoms with Crippen LogP contribution in [0.15, 0.2) is 9.52 Å². The molecule has 128 valence electrons. The maximum absolute atomic E-state index is 5.61. The summed E-state index contributed by atoms with van der Waals surface area (Å²) in [4.78, 5) is 11.4. The van der Waals surface area contributed by atoms with E-state index in [0.717, 1.165) is 51.1 Å². The van der Waals surface area contributed by atoms with Crippen LogP contribution in [0.3, 0.4) is 0 Å². The normalized spacial score (nSPS) is 24.8. The SMILES string of the molecule is CCNC(=NCCc1noc(CC)n1)N1CCC2(CCOC2)C1. The van der Waals surface area contributed by atoms with E-state index in [1.807, 2.05) is 6.92 Å².